The second-order valence-electron chi connectivity index (χ2n) is 7.51. The van der Waals surface area contributed by atoms with Crippen molar-refractivity contribution in [3.8, 4) is 12.1 Å². The molecule has 0 aliphatic carbocycles. The van der Waals surface area contributed by atoms with Gasteiger partial charge >= 0.3 is 0 Å². The molecule has 0 aliphatic rings. The van der Waals surface area contributed by atoms with Crippen LogP contribution < -0.4 is 10.4 Å². The van der Waals surface area contributed by atoms with Gasteiger partial charge in [0.15, 0.2) is 0 Å². The highest BCUT2D eigenvalue weighted by Gasteiger charge is 2.22. The number of fused-ring (bicyclic) bond motifs is 6. The van der Waals surface area contributed by atoms with Gasteiger partial charge in [0.05, 0.1) is 25.3 Å². The van der Waals surface area contributed by atoms with Crippen molar-refractivity contribution in [2.45, 2.75) is 13.8 Å². The van der Waals surface area contributed by atoms with Crippen molar-refractivity contribution < 1.29 is 8.83 Å². The van der Waals surface area contributed by atoms with E-state index < -0.39 is 0 Å². The normalized spacial score (nSPS) is 12.9. The molecule has 0 spiro atoms. The summed E-state index contributed by atoms with van der Waals surface area (Å²) in [4.78, 5) is 6.91. The van der Waals surface area contributed by atoms with Crippen LogP contribution in [0.3, 0.4) is 0 Å². The fourth-order valence-electron chi connectivity index (χ4n) is 4.21. The summed E-state index contributed by atoms with van der Waals surface area (Å²) in [5.41, 5.74) is 3.31. The maximum atomic E-state index is 9.76. The minimum Gasteiger partial charge on any atom is -0.457 e. The molecule has 148 valence electrons. The highest BCUT2D eigenvalue weighted by molar-refractivity contribution is 6.17. The quantitative estimate of drug-likeness (QED) is 0.327. The molecule has 0 N–H and O–H groups in total. The standard InChI is InChI=1S/C26H12N4O2/c1-13-5-7-15-19(9-13)31-25-21(15)23(17(11-27)29-3)26-22(24(25)18(12-28)30-4)16-8-6-14(2)10-20(16)32-26/h5-10H,1-2H3/b23-17-,24-18+. The van der Waals surface area contributed by atoms with E-state index in [9.17, 15) is 10.5 Å². The monoisotopic (exact) mass is 412 g/mol. The van der Waals surface area contributed by atoms with Crippen molar-refractivity contribution >= 4 is 55.3 Å². The summed E-state index contributed by atoms with van der Waals surface area (Å²) in [5, 5.41) is 22.5. The maximum absolute atomic E-state index is 9.76. The van der Waals surface area contributed by atoms with Crippen molar-refractivity contribution in [1.82, 2.24) is 0 Å². The van der Waals surface area contributed by atoms with Gasteiger partial charge in [0.25, 0.3) is 11.4 Å². The van der Waals surface area contributed by atoms with Crippen LogP contribution in [0.25, 0.3) is 65.0 Å². The van der Waals surface area contributed by atoms with Crippen LogP contribution in [0.15, 0.2) is 45.2 Å². The molecular weight excluding hydrogens is 400 g/mol. The van der Waals surface area contributed by atoms with Crippen molar-refractivity contribution in [3.05, 3.63) is 80.8 Å². The zero-order valence-corrected chi connectivity index (χ0v) is 17.1. The fraction of sp³-hybridized carbons (Fsp3) is 0.0769. The van der Waals surface area contributed by atoms with Crippen molar-refractivity contribution in [2.24, 2.45) is 0 Å². The highest BCUT2D eigenvalue weighted by atomic mass is 16.3. The van der Waals surface area contributed by atoms with Gasteiger partial charge < -0.3 is 8.83 Å². The Kier molecular flexibility index (Phi) is 4.00. The lowest BCUT2D eigenvalue weighted by Gasteiger charge is -2.00. The van der Waals surface area contributed by atoms with Gasteiger partial charge in [-0.3, -0.25) is 0 Å². The molecule has 3 aromatic carbocycles. The lowest BCUT2D eigenvalue weighted by atomic mass is 10.0. The van der Waals surface area contributed by atoms with Gasteiger partial charge in [0.1, 0.15) is 22.3 Å². The van der Waals surface area contributed by atoms with Gasteiger partial charge in [-0.25, -0.2) is 20.2 Å². The number of aryl methyl sites for hydroxylation is 2. The van der Waals surface area contributed by atoms with Crippen LogP contribution in [-0.2, 0) is 0 Å². The summed E-state index contributed by atoms with van der Waals surface area (Å²) >= 11 is 0. The van der Waals surface area contributed by atoms with Crippen LogP contribution in [0.2, 0.25) is 0 Å². The summed E-state index contributed by atoms with van der Waals surface area (Å²) in [7, 11) is 0. The molecule has 0 atom stereocenters. The Hall–Kier alpha value is -5.04. The Morgan fingerprint density at radius 2 is 1.16 bits per heavy atom. The van der Waals surface area contributed by atoms with Gasteiger partial charge in [0, 0.05) is 32.0 Å². The molecule has 0 unspecified atom stereocenters. The number of hydrogen-bond donors (Lipinski definition) is 0. The van der Waals surface area contributed by atoms with Crippen LogP contribution in [-0.4, -0.2) is 0 Å². The maximum Gasteiger partial charge on any atom is 0.273 e. The molecule has 0 fully saturated rings. The molecule has 32 heavy (non-hydrogen) atoms. The highest BCUT2D eigenvalue weighted by Crippen LogP contribution is 2.32. The number of nitrogens with zero attached hydrogens (tertiary/aromatic N) is 4. The first-order valence-corrected chi connectivity index (χ1v) is 9.63. The van der Waals surface area contributed by atoms with Gasteiger partial charge in [-0.05, 0) is 37.1 Å². The summed E-state index contributed by atoms with van der Waals surface area (Å²) in [6.45, 7) is 19.1. The Labute approximate surface area is 181 Å². The molecule has 5 rings (SSSR count). The number of furan rings is 2. The summed E-state index contributed by atoms with van der Waals surface area (Å²) in [6.07, 6.45) is 0. The molecular formula is C26H12N4O2. The smallest absolute Gasteiger partial charge is 0.273 e. The van der Waals surface area contributed by atoms with E-state index in [2.05, 4.69) is 9.69 Å². The molecule has 5 aromatic rings. The molecule has 0 radical (unpaired) electrons. The van der Waals surface area contributed by atoms with E-state index in [4.69, 9.17) is 22.0 Å². The van der Waals surface area contributed by atoms with Crippen LogP contribution in [0.4, 0.5) is 0 Å². The molecule has 0 bridgehead atoms. The largest absolute Gasteiger partial charge is 0.457 e. The first-order chi connectivity index (χ1) is 15.5. The van der Waals surface area contributed by atoms with E-state index in [1.54, 1.807) is 0 Å². The molecule has 2 aromatic heterocycles. The summed E-state index contributed by atoms with van der Waals surface area (Å²) < 4.78 is 12.4. The Bertz CT molecular complexity index is 1770. The predicted molar refractivity (Wildman–Crippen MR) is 121 cm³/mol. The second-order valence-corrected chi connectivity index (χ2v) is 7.51. The molecule has 0 aliphatic heterocycles. The lowest BCUT2D eigenvalue weighted by molar-refractivity contribution is 0.659. The molecule has 2 heterocycles. The number of rotatable bonds is 0. The molecule has 0 saturated carbocycles. The minimum atomic E-state index is -0.146. The topological polar surface area (TPSA) is 82.6 Å². The van der Waals surface area contributed by atoms with E-state index in [1.807, 2.05) is 62.4 Å². The second kappa shape index (κ2) is 6.75. The summed E-state index contributed by atoms with van der Waals surface area (Å²) in [5.74, 6) is 0. The Morgan fingerprint density at radius 1 is 0.750 bits per heavy atom. The number of hydrogen-bond acceptors (Lipinski definition) is 4. The van der Waals surface area contributed by atoms with E-state index in [0.717, 1.165) is 11.1 Å². The minimum absolute atomic E-state index is 0.146. The number of nitriles is 2. The van der Waals surface area contributed by atoms with E-state index in [1.165, 1.54) is 0 Å². The van der Waals surface area contributed by atoms with Crippen molar-refractivity contribution in [1.29, 1.82) is 10.5 Å². The molecule has 0 amide bonds. The zero-order valence-electron chi connectivity index (χ0n) is 17.1. The first-order valence-electron chi connectivity index (χ1n) is 9.63. The summed E-state index contributed by atoms with van der Waals surface area (Å²) in [6, 6.07) is 15.2. The Balaban J connectivity index is 2.35. The van der Waals surface area contributed by atoms with Crippen LogP contribution in [0.5, 0.6) is 0 Å². The van der Waals surface area contributed by atoms with Gasteiger partial charge in [-0.2, -0.15) is 0 Å². The average Bonchev–Trinajstić information content (AvgIpc) is 3.33. The third-order valence-electron chi connectivity index (χ3n) is 5.55. The Morgan fingerprint density at radius 3 is 1.50 bits per heavy atom. The average molecular weight is 412 g/mol. The third kappa shape index (κ3) is 2.42. The first kappa shape index (κ1) is 19.0. The molecule has 6 nitrogen and oxygen atoms in total. The third-order valence-corrected chi connectivity index (χ3v) is 5.55. The van der Waals surface area contributed by atoms with Crippen molar-refractivity contribution in [3.63, 3.8) is 0 Å². The van der Waals surface area contributed by atoms with Crippen molar-refractivity contribution in [2.75, 3.05) is 0 Å². The van der Waals surface area contributed by atoms with Gasteiger partial charge in [-0.1, -0.05) is 24.3 Å². The van der Waals surface area contributed by atoms with Gasteiger partial charge in [-0.15, -0.1) is 0 Å². The molecule has 6 heteroatoms. The predicted octanol–water partition coefficient (Wildman–Crippen LogP) is 5.20. The van der Waals surface area contributed by atoms with E-state index in [-0.39, 0.29) is 11.4 Å². The van der Waals surface area contributed by atoms with E-state index >= 15 is 0 Å². The SMILES string of the molecule is [C-]#[N+]/C(C#N)=c1\c2oc3cc(C)ccc3c2/c(=C(/C#N)[N+]#[C-])c2oc3cc(C)ccc3c12. The lowest BCUT2D eigenvalue weighted by Crippen LogP contribution is -2.15. The van der Waals surface area contributed by atoms with Crippen LogP contribution >= 0.6 is 0 Å². The molecule has 0 saturated heterocycles. The van der Waals surface area contributed by atoms with Crippen LogP contribution in [0, 0.1) is 49.7 Å². The van der Waals surface area contributed by atoms with Gasteiger partial charge in [0.2, 0.25) is 0 Å². The van der Waals surface area contributed by atoms with E-state index in [0.29, 0.717) is 54.3 Å². The fourth-order valence-corrected chi connectivity index (χ4v) is 4.21. The zero-order chi connectivity index (χ0) is 22.6. The van der Waals surface area contributed by atoms with Crippen LogP contribution in [0.1, 0.15) is 11.1 Å². The number of benzene rings is 3.